The summed E-state index contributed by atoms with van der Waals surface area (Å²) in [6.45, 7) is 4.16. The van der Waals surface area contributed by atoms with Crippen LogP contribution in [0.25, 0.3) is 10.8 Å². The van der Waals surface area contributed by atoms with Gasteiger partial charge in [-0.05, 0) is 49.6 Å². The lowest BCUT2D eigenvalue weighted by Gasteiger charge is -2.25. The molecule has 1 unspecified atom stereocenters. The molecule has 0 aromatic heterocycles. The fourth-order valence-electron chi connectivity index (χ4n) is 5.60. The maximum atomic E-state index is 13.2. The molecule has 198 valence electrons. The Morgan fingerprint density at radius 2 is 1.85 bits per heavy atom. The van der Waals surface area contributed by atoms with E-state index in [1.165, 1.54) is 18.2 Å². The maximum Gasteiger partial charge on any atom is 0.317 e. The summed E-state index contributed by atoms with van der Waals surface area (Å²) in [5.74, 6) is -0.645. The van der Waals surface area contributed by atoms with Crippen LogP contribution in [0.1, 0.15) is 19.4 Å². The molecule has 1 saturated carbocycles. The monoisotopic (exact) mass is 544 g/mol. The Morgan fingerprint density at radius 1 is 1.13 bits per heavy atom. The van der Waals surface area contributed by atoms with Gasteiger partial charge in [-0.3, -0.25) is 14.2 Å². The molecule has 2 heterocycles. The number of phosphoric acid groups is 1. The molecule has 9 nitrogen and oxygen atoms in total. The Kier molecular flexibility index (Phi) is 5.49. The third-order valence-electron chi connectivity index (χ3n) is 7.67. The Balaban J connectivity index is 1.27. The van der Waals surface area contributed by atoms with Crippen molar-refractivity contribution in [2.24, 2.45) is 5.92 Å². The Hall–Kier alpha value is -4.04. The van der Waals surface area contributed by atoms with Crippen molar-refractivity contribution in [3.8, 4) is 11.5 Å². The van der Waals surface area contributed by atoms with Crippen molar-refractivity contribution in [1.29, 1.82) is 0 Å². The smallest absolute Gasteiger partial charge is 0.317 e. The first kappa shape index (κ1) is 25.2. The lowest BCUT2D eigenvalue weighted by Crippen LogP contribution is -2.42. The van der Waals surface area contributed by atoms with Crippen LogP contribution in [0.3, 0.4) is 0 Å². The molecule has 6 rings (SSSR count). The van der Waals surface area contributed by atoms with E-state index >= 15 is 0 Å². The lowest BCUT2D eigenvalue weighted by molar-refractivity contribution is -0.401. The number of hydrogen-bond donors (Lipinski definition) is 1. The highest BCUT2D eigenvalue weighted by molar-refractivity contribution is 7.45. The molecule has 0 radical (unpaired) electrons. The zero-order chi connectivity index (χ0) is 27.9. The molecule has 0 spiro atoms. The van der Waals surface area contributed by atoms with E-state index in [9.17, 15) is 19.0 Å². The molecule has 3 aromatic carbocycles. The Labute approximate surface area is 224 Å². The minimum Gasteiger partial charge on any atom is -0.746 e. The molecule has 39 heavy (non-hydrogen) atoms. The minimum atomic E-state index is -4.94. The number of fused-ring (bicyclic) bond motifs is 4. The molecule has 2 aliphatic heterocycles. The molecule has 1 atom stereocenters. The second kappa shape index (κ2) is 8.48. The number of carbonyl (C=O) groups excluding carboxylic acids is 2. The molecule has 0 saturated heterocycles. The van der Waals surface area contributed by atoms with Crippen LogP contribution in [0.2, 0.25) is 0 Å². The first-order valence-electron chi connectivity index (χ1n) is 12.3. The van der Waals surface area contributed by atoms with Crippen molar-refractivity contribution in [1.82, 2.24) is 0 Å². The summed E-state index contributed by atoms with van der Waals surface area (Å²) in [6, 6.07) is 16.1. The third kappa shape index (κ3) is 3.93. The summed E-state index contributed by atoms with van der Waals surface area (Å²) in [7, 11) is -1.23. The van der Waals surface area contributed by atoms with Gasteiger partial charge in [0.25, 0.3) is 0 Å². The number of ketones is 2. The molecule has 1 fully saturated rings. The van der Waals surface area contributed by atoms with E-state index in [4.69, 9.17) is 9.63 Å². The van der Waals surface area contributed by atoms with Crippen molar-refractivity contribution in [2.45, 2.75) is 19.3 Å². The van der Waals surface area contributed by atoms with Crippen LogP contribution in [0.15, 0.2) is 78.2 Å². The van der Waals surface area contributed by atoms with Gasteiger partial charge in [0, 0.05) is 30.1 Å². The fraction of sp³-hybridized carbons (Fsp3) is 0.207. The average molecular weight is 545 g/mol. The third-order valence-corrected chi connectivity index (χ3v) is 8.11. The highest BCUT2D eigenvalue weighted by Gasteiger charge is 2.48. The number of nitrogens with zero attached hydrogens (tertiary/aromatic N) is 2. The van der Waals surface area contributed by atoms with Crippen molar-refractivity contribution in [3.05, 3.63) is 83.8 Å². The van der Waals surface area contributed by atoms with Gasteiger partial charge in [0.2, 0.25) is 5.69 Å². The lowest BCUT2D eigenvalue weighted by atomic mass is 9.73. The van der Waals surface area contributed by atoms with Gasteiger partial charge in [-0.15, -0.1) is 0 Å². The predicted octanol–water partition coefficient (Wildman–Crippen LogP) is 3.75. The van der Waals surface area contributed by atoms with Crippen molar-refractivity contribution >= 4 is 47.2 Å². The Bertz CT molecular complexity index is 1740. The van der Waals surface area contributed by atoms with Gasteiger partial charge in [-0.25, -0.2) is 0 Å². The molecule has 0 bridgehead atoms. The number of anilines is 1. The molecule has 10 heteroatoms. The summed E-state index contributed by atoms with van der Waals surface area (Å²) in [6.07, 6.45) is 3.25. The maximum absolute atomic E-state index is 13.2. The van der Waals surface area contributed by atoms with E-state index in [1.54, 1.807) is 36.2 Å². The van der Waals surface area contributed by atoms with Crippen LogP contribution >= 0.6 is 7.82 Å². The Morgan fingerprint density at radius 3 is 2.54 bits per heavy atom. The second-order valence-corrected chi connectivity index (χ2v) is 11.5. The van der Waals surface area contributed by atoms with Crippen molar-refractivity contribution in [2.75, 3.05) is 19.0 Å². The quantitative estimate of drug-likeness (QED) is 0.173. The van der Waals surface area contributed by atoms with Gasteiger partial charge in [-0.2, -0.15) is 4.58 Å². The summed E-state index contributed by atoms with van der Waals surface area (Å²) < 4.78 is 23.8. The largest absolute Gasteiger partial charge is 0.746 e. The van der Waals surface area contributed by atoms with Crippen LogP contribution in [-0.2, 0) is 19.6 Å². The average Bonchev–Trinajstić information content (AvgIpc) is 3.30. The van der Waals surface area contributed by atoms with Crippen LogP contribution in [0.5, 0.6) is 11.5 Å². The fourth-order valence-corrected chi connectivity index (χ4v) is 5.98. The van der Waals surface area contributed by atoms with E-state index in [1.807, 2.05) is 29.8 Å². The standard InChI is InChI=1S/C29H25N2O7P/c1-29(2)21-7-5-6-8-22(21)30(3)24(29)14-19-26(32)20(27(19)33)15-25-31(4)23-12-9-16-13-17(38-39(34,35)36)10-11-18(16)28(23)37-25/h5-15,20H,1-4H3,(H-,34,35,36)/b19-14?,25-15-. The van der Waals surface area contributed by atoms with Crippen molar-refractivity contribution in [3.63, 3.8) is 0 Å². The van der Waals surface area contributed by atoms with E-state index in [-0.39, 0.29) is 28.3 Å². The van der Waals surface area contributed by atoms with Gasteiger partial charge in [-0.1, -0.05) is 24.3 Å². The topological polar surface area (TPSA) is 119 Å². The predicted molar refractivity (Wildman–Crippen MR) is 143 cm³/mol. The highest BCUT2D eigenvalue weighted by atomic mass is 31.2. The molecule has 3 aliphatic rings. The number of Topliss-reactive ketones (excluding diaryl/α,β-unsaturated/α-hetero) is 2. The summed E-state index contributed by atoms with van der Waals surface area (Å²) in [4.78, 5) is 48.1. The number of allylic oxidation sites excluding steroid dienone is 3. The van der Waals surface area contributed by atoms with Crippen LogP contribution in [0, 0.1) is 5.92 Å². The minimum absolute atomic E-state index is 0.0348. The van der Waals surface area contributed by atoms with Gasteiger partial charge >= 0.3 is 7.82 Å². The van der Waals surface area contributed by atoms with Gasteiger partial charge in [0.05, 0.1) is 16.7 Å². The van der Waals surface area contributed by atoms with Gasteiger partial charge in [0.15, 0.2) is 28.9 Å². The van der Waals surface area contributed by atoms with Crippen molar-refractivity contribution < 1.29 is 37.8 Å². The van der Waals surface area contributed by atoms with E-state index in [2.05, 4.69) is 24.4 Å². The number of rotatable bonds is 4. The number of ether oxygens (including phenoxy) is 1. The molecule has 0 amide bonds. The van der Waals surface area contributed by atoms with Crippen LogP contribution in [0.4, 0.5) is 11.4 Å². The highest BCUT2D eigenvalue weighted by Crippen LogP contribution is 2.46. The number of para-hydroxylation sites is 1. The van der Waals surface area contributed by atoms with Crippen LogP contribution < -0.4 is 19.1 Å². The molecular weight excluding hydrogens is 519 g/mol. The van der Waals surface area contributed by atoms with E-state index in [0.29, 0.717) is 22.4 Å². The second-order valence-electron chi connectivity index (χ2n) is 10.4. The summed E-state index contributed by atoms with van der Waals surface area (Å²) in [5.41, 5.74) is 3.62. The molecule has 3 aromatic rings. The SMILES string of the molecule is CN1/C(=C/C2C(=O)C(=CC3=[N+](C)c4ccccc4C3(C)C)C2=O)Oc2c1ccc1cc(OP(=O)([O-])O)ccc21. The van der Waals surface area contributed by atoms with E-state index < -0.39 is 13.7 Å². The summed E-state index contributed by atoms with van der Waals surface area (Å²) in [5, 5.41) is 1.29. The number of benzene rings is 3. The molecule has 1 N–H and O–H groups in total. The normalized spacial score (nSPS) is 22.0. The van der Waals surface area contributed by atoms with Gasteiger partial charge < -0.3 is 23.9 Å². The molecule has 1 aliphatic carbocycles. The molecular formula is C29H25N2O7P. The summed E-state index contributed by atoms with van der Waals surface area (Å²) >= 11 is 0. The first-order valence-corrected chi connectivity index (χ1v) is 13.8. The zero-order valence-corrected chi connectivity index (χ0v) is 22.6. The number of phosphoric ester groups is 1. The number of carbonyl (C=O) groups is 2. The number of hydrogen-bond acceptors (Lipinski definition) is 7. The van der Waals surface area contributed by atoms with Gasteiger partial charge in [0.1, 0.15) is 18.7 Å². The van der Waals surface area contributed by atoms with E-state index in [0.717, 1.165) is 22.6 Å². The van der Waals surface area contributed by atoms with Crippen LogP contribution in [-0.4, -0.2) is 40.8 Å². The zero-order valence-electron chi connectivity index (χ0n) is 21.7. The first-order chi connectivity index (χ1) is 18.4.